The van der Waals surface area contributed by atoms with Gasteiger partial charge < -0.3 is 20.3 Å². The molecular formula is C21H35N3O6S. The van der Waals surface area contributed by atoms with Gasteiger partial charge in [0.15, 0.2) is 6.35 Å². The Kier molecular flexibility index (Phi) is 9.26. The van der Waals surface area contributed by atoms with E-state index in [-0.39, 0.29) is 24.7 Å². The van der Waals surface area contributed by atoms with Crippen molar-refractivity contribution in [3.8, 4) is 5.75 Å². The van der Waals surface area contributed by atoms with Gasteiger partial charge in [-0.1, -0.05) is 32.9 Å². The number of hydrogen-bond donors (Lipinski definition) is 4. The van der Waals surface area contributed by atoms with E-state index in [1.165, 1.54) is 0 Å². The number of carbonyl (C=O) groups excluding carboxylic acids is 1. The number of sulfonamides is 1. The molecule has 1 aromatic carbocycles. The van der Waals surface area contributed by atoms with Gasteiger partial charge in [0.2, 0.25) is 15.9 Å². The highest BCUT2D eigenvalue weighted by atomic mass is 32.2. The van der Waals surface area contributed by atoms with Gasteiger partial charge in [-0.3, -0.25) is 9.69 Å². The predicted octanol–water partition coefficient (Wildman–Crippen LogP) is 0.726. The second-order valence-corrected chi connectivity index (χ2v) is 10.3. The van der Waals surface area contributed by atoms with Gasteiger partial charge in [-0.2, -0.15) is 0 Å². The fourth-order valence-corrected chi connectivity index (χ4v) is 4.42. The molecule has 9 nitrogen and oxygen atoms in total. The number of nitrogens with zero attached hydrogens (tertiary/aromatic N) is 1. The van der Waals surface area contributed by atoms with E-state index in [1.54, 1.807) is 30.0 Å². The van der Waals surface area contributed by atoms with Crippen molar-refractivity contribution in [2.75, 3.05) is 32.0 Å². The number of unbranched alkanes of at least 4 members (excludes halogenated alkanes) is 1. The number of hydrogen-bond acceptors (Lipinski definition) is 7. The van der Waals surface area contributed by atoms with Gasteiger partial charge in [-0.05, 0) is 42.9 Å². The minimum absolute atomic E-state index is 0.102. The summed E-state index contributed by atoms with van der Waals surface area (Å²) in [4.78, 5) is 12.8. The summed E-state index contributed by atoms with van der Waals surface area (Å²) < 4.78 is 33.0. The van der Waals surface area contributed by atoms with E-state index in [0.29, 0.717) is 49.6 Å². The van der Waals surface area contributed by atoms with Gasteiger partial charge in [-0.15, -0.1) is 0 Å². The third-order valence-electron chi connectivity index (χ3n) is 5.22. The lowest BCUT2D eigenvalue weighted by Gasteiger charge is -2.28. The third kappa shape index (κ3) is 8.04. The Morgan fingerprint density at radius 1 is 1.35 bits per heavy atom. The van der Waals surface area contributed by atoms with Crippen LogP contribution in [-0.2, 0) is 20.4 Å². The summed E-state index contributed by atoms with van der Waals surface area (Å²) in [5.41, 5.74) is -0.755. The first-order chi connectivity index (χ1) is 14.5. The maximum absolute atomic E-state index is 12.4. The standard InChI is InChI=1S/C21H35N3O6S/c1-4-21(27,17-8-7-9-18(12-17)30-14-16(2)3)15-22-31(28,29)11-6-5-10-24-13-19(25)23-20(24)26/h7-9,12,16,20,22,26-27H,4-6,10-11,13-15H2,1-3H3,(H,23,25)/t20?,21-/m1/s1. The van der Waals surface area contributed by atoms with Crippen LogP contribution in [0, 0.1) is 5.92 Å². The SMILES string of the molecule is CC[C@@](O)(CNS(=O)(=O)CCCCN1CC(=O)NC1O)c1cccc(OCC(C)C)c1. The van der Waals surface area contributed by atoms with Gasteiger partial charge in [0.25, 0.3) is 0 Å². The maximum Gasteiger partial charge on any atom is 0.237 e. The number of nitrogens with one attached hydrogen (secondary N) is 2. The first-order valence-electron chi connectivity index (χ1n) is 10.7. The second-order valence-electron chi connectivity index (χ2n) is 8.38. The Morgan fingerprint density at radius 2 is 2.10 bits per heavy atom. The van der Waals surface area contributed by atoms with E-state index in [0.717, 1.165) is 0 Å². The van der Waals surface area contributed by atoms with Gasteiger partial charge in [0, 0.05) is 13.1 Å². The Hall–Kier alpha value is -1.72. The number of carbonyl (C=O) groups is 1. The van der Waals surface area contributed by atoms with Crippen LogP contribution in [0.3, 0.4) is 0 Å². The molecule has 31 heavy (non-hydrogen) atoms. The number of rotatable bonds is 13. The van der Waals surface area contributed by atoms with E-state index >= 15 is 0 Å². The fourth-order valence-electron chi connectivity index (χ4n) is 3.23. The molecule has 1 heterocycles. The minimum Gasteiger partial charge on any atom is -0.493 e. The van der Waals surface area contributed by atoms with Crippen molar-refractivity contribution in [1.82, 2.24) is 14.9 Å². The number of benzene rings is 1. The minimum atomic E-state index is -3.59. The molecule has 0 aromatic heterocycles. The normalized spacial score (nSPS) is 19.4. The van der Waals surface area contributed by atoms with Crippen LogP contribution in [0.15, 0.2) is 24.3 Å². The molecule has 0 radical (unpaired) electrons. The van der Waals surface area contributed by atoms with Crippen molar-refractivity contribution in [3.05, 3.63) is 29.8 Å². The summed E-state index contributed by atoms with van der Waals surface area (Å²) in [6.45, 7) is 6.83. The third-order valence-corrected chi connectivity index (χ3v) is 6.63. The van der Waals surface area contributed by atoms with Crippen LogP contribution in [0.1, 0.15) is 45.6 Å². The molecule has 2 rings (SSSR count). The zero-order valence-corrected chi connectivity index (χ0v) is 19.3. The lowest BCUT2D eigenvalue weighted by molar-refractivity contribution is -0.119. The molecule has 1 aliphatic heterocycles. The zero-order valence-electron chi connectivity index (χ0n) is 18.5. The zero-order chi connectivity index (χ0) is 23.1. The number of aliphatic hydroxyl groups excluding tert-OH is 1. The highest BCUT2D eigenvalue weighted by Crippen LogP contribution is 2.28. The molecule has 0 aliphatic carbocycles. The van der Waals surface area contributed by atoms with E-state index in [4.69, 9.17) is 4.74 Å². The molecule has 176 valence electrons. The smallest absolute Gasteiger partial charge is 0.237 e. The summed E-state index contributed by atoms with van der Waals surface area (Å²) in [6.07, 6.45) is 0.203. The first-order valence-corrected chi connectivity index (χ1v) is 12.3. The summed E-state index contributed by atoms with van der Waals surface area (Å²) in [6, 6.07) is 7.10. The molecule has 1 unspecified atom stereocenters. The van der Waals surface area contributed by atoms with Crippen molar-refractivity contribution >= 4 is 15.9 Å². The monoisotopic (exact) mass is 457 g/mol. The fraction of sp³-hybridized carbons (Fsp3) is 0.667. The van der Waals surface area contributed by atoms with Crippen LogP contribution in [0.5, 0.6) is 5.75 Å². The van der Waals surface area contributed by atoms with Crippen molar-refractivity contribution in [1.29, 1.82) is 0 Å². The quantitative estimate of drug-likeness (QED) is 0.321. The summed E-state index contributed by atoms with van der Waals surface area (Å²) >= 11 is 0. The van der Waals surface area contributed by atoms with Crippen LogP contribution in [0.25, 0.3) is 0 Å². The van der Waals surface area contributed by atoms with Crippen LogP contribution < -0.4 is 14.8 Å². The topological polar surface area (TPSA) is 128 Å². The molecule has 0 saturated carbocycles. The van der Waals surface area contributed by atoms with Crippen LogP contribution in [-0.4, -0.2) is 67.8 Å². The average Bonchev–Trinajstić information content (AvgIpc) is 3.05. The molecule has 1 aliphatic rings. The molecule has 1 fully saturated rings. The molecule has 1 amide bonds. The molecular weight excluding hydrogens is 422 g/mol. The molecule has 1 aromatic rings. The molecule has 2 atom stereocenters. The largest absolute Gasteiger partial charge is 0.493 e. The Labute approximate surface area is 184 Å². The maximum atomic E-state index is 12.4. The summed E-state index contributed by atoms with van der Waals surface area (Å²) in [7, 11) is -3.59. The van der Waals surface area contributed by atoms with Crippen molar-refractivity contribution in [3.63, 3.8) is 0 Å². The Bertz CT molecular complexity index is 832. The lowest BCUT2D eigenvalue weighted by Crippen LogP contribution is -2.41. The lowest BCUT2D eigenvalue weighted by atomic mass is 9.91. The van der Waals surface area contributed by atoms with E-state index < -0.39 is 22.0 Å². The predicted molar refractivity (Wildman–Crippen MR) is 118 cm³/mol. The van der Waals surface area contributed by atoms with Crippen molar-refractivity contribution < 1.29 is 28.2 Å². The molecule has 10 heteroatoms. The first kappa shape index (κ1) is 25.5. The number of aliphatic hydroxyl groups is 2. The van der Waals surface area contributed by atoms with Gasteiger partial charge in [0.1, 0.15) is 11.4 Å². The van der Waals surface area contributed by atoms with Crippen molar-refractivity contribution in [2.45, 2.75) is 52.0 Å². The van der Waals surface area contributed by atoms with Crippen LogP contribution >= 0.6 is 0 Å². The Morgan fingerprint density at radius 3 is 2.71 bits per heavy atom. The van der Waals surface area contributed by atoms with Crippen molar-refractivity contribution in [2.24, 2.45) is 5.92 Å². The van der Waals surface area contributed by atoms with Gasteiger partial charge >= 0.3 is 0 Å². The second kappa shape index (κ2) is 11.2. The van der Waals surface area contributed by atoms with Gasteiger partial charge in [-0.25, -0.2) is 13.1 Å². The van der Waals surface area contributed by atoms with E-state index in [1.807, 2.05) is 19.9 Å². The number of ether oxygens (including phenoxy) is 1. The molecule has 1 saturated heterocycles. The number of amides is 1. The van der Waals surface area contributed by atoms with Gasteiger partial charge in [0.05, 0.1) is 18.9 Å². The van der Waals surface area contributed by atoms with Crippen LogP contribution in [0.4, 0.5) is 0 Å². The average molecular weight is 458 g/mol. The molecule has 0 spiro atoms. The highest BCUT2D eigenvalue weighted by molar-refractivity contribution is 7.89. The van der Waals surface area contributed by atoms with E-state index in [2.05, 4.69) is 10.0 Å². The van der Waals surface area contributed by atoms with Crippen LogP contribution in [0.2, 0.25) is 0 Å². The summed E-state index contributed by atoms with van der Waals surface area (Å²) in [5.74, 6) is 0.652. The Balaban J connectivity index is 1.86. The molecule has 0 bridgehead atoms. The highest BCUT2D eigenvalue weighted by Gasteiger charge is 2.30. The van der Waals surface area contributed by atoms with E-state index in [9.17, 15) is 23.4 Å². The summed E-state index contributed by atoms with van der Waals surface area (Å²) in [5, 5.41) is 23.1. The molecule has 4 N–H and O–H groups in total.